The van der Waals surface area contributed by atoms with Gasteiger partial charge in [0.2, 0.25) is 0 Å². The van der Waals surface area contributed by atoms with E-state index >= 15 is 0 Å². The van der Waals surface area contributed by atoms with Crippen molar-refractivity contribution < 1.29 is 14.7 Å². The normalized spacial score (nSPS) is 10.3. The number of amides is 1. The number of anilines is 1. The van der Waals surface area contributed by atoms with Crippen molar-refractivity contribution in [3.05, 3.63) is 95.1 Å². The van der Waals surface area contributed by atoms with E-state index < -0.39 is 11.9 Å². The fraction of sp³-hybridized carbons (Fsp3) is 0. The van der Waals surface area contributed by atoms with Gasteiger partial charge in [-0.1, -0.05) is 48.0 Å². The molecule has 0 saturated heterocycles. The van der Waals surface area contributed by atoms with Gasteiger partial charge in [-0.2, -0.15) is 0 Å². The van der Waals surface area contributed by atoms with Crippen molar-refractivity contribution in [2.75, 3.05) is 5.32 Å². The molecule has 1 amide bonds. The predicted molar refractivity (Wildman–Crippen MR) is 121 cm³/mol. The molecular formula is C23H16ClN2NaO3. The first-order valence-electron chi connectivity index (χ1n) is 8.81. The number of pyridine rings is 1. The summed E-state index contributed by atoms with van der Waals surface area (Å²) >= 11 is 5.87. The number of aromatic carboxylic acids is 1. The number of hydrogen-bond donors (Lipinski definition) is 2. The van der Waals surface area contributed by atoms with Gasteiger partial charge in [-0.05, 0) is 42.0 Å². The van der Waals surface area contributed by atoms with E-state index in [4.69, 9.17) is 11.6 Å². The summed E-state index contributed by atoms with van der Waals surface area (Å²) in [4.78, 5) is 28.7. The van der Waals surface area contributed by atoms with Crippen LogP contribution >= 0.6 is 11.6 Å². The van der Waals surface area contributed by atoms with E-state index in [1.54, 1.807) is 24.4 Å². The van der Waals surface area contributed by atoms with E-state index in [2.05, 4.69) is 10.3 Å². The van der Waals surface area contributed by atoms with E-state index in [1.807, 2.05) is 36.4 Å². The maximum atomic E-state index is 12.8. The van der Waals surface area contributed by atoms with E-state index in [1.165, 1.54) is 18.2 Å². The number of carbonyl (C=O) groups is 2. The number of benzene rings is 3. The molecule has 4 aromatic rings. The summed E-state index contributed by atoms with van der Waals surface area (Å²) in [5.41, 5.74) is 3.12. The third kappa shape index (κ3) is 4.55. The van der Waals surface area contributed by atoms with Gasteiger partial charge in [0.1, 0.15) is 0 Å². The van der Waals surface area contributed by atoms with Crippen molar-refractivity contribution in [3.63, 3.8) is 0 Å². The average molecular weight is 427 g/mol. The molecule has 0 radical (unpaired) electrons. The van der Waals surface area contributed by atoms with Gasteiger partial charge in [0, 0.05) is 27.7 Å². The Kier molecular flexibility index (Phi) is 6.90. The fourth-order valence-electron chi connectivity index (χ4n) is 3.16. The summed E-state index contributed by atoms with van der Waals surface area (Å²) in [7, 11) is 0. The summed E-state index contributed by atoms with van der Waals surface area (Å²) in [5, 5.41) is 13.3. The van der Waals surface area contributed by atoms with Crippen molar-refractivity contribution in [3.8, 4) is 11.1 Å². The Labute approximate surface area is 200 Å². The minimum absolute atomic E-state index is 0. The Bertz CT molecular complexity index is 1250. The van der Waals surface area contributed by atoms with Crippen molar-refractivity contribution in [1.29, 1.82) is 0 Å². The van der Waals surface area contributed by atoms with Crippen molar-refractivity contribution in [1.82, 2.24) is 4.98 Å². The number of aromatic nitrogens is 1. The monoisotopic (exact) mass is 426 g/mol. The molecule has 3 aromatic carbocycles. The van der Waals surface area contributed by atoms with Crippen LogP contribution in [0.4, 0.5) is 5.69 Å². The maximum absolute atomic E-state index is 12.8. The number of carboxylic acids is 1. The molecule has 1 aromatic heterocycles. The number of para-hydroxylation sites is 1. The number of carboxylic acid groups (broad SMARTS) is 1. The SMILES string of the molecule is O=C(Nc1ccc(Cl)cc1C(=O)O)c1cccc(-c2cccc3cccnc23)c1.[NaH]. The molecule has 0 saturated carbocycles. The van der Waals surface area contributed by atoms with Crippen LogP contribution in [0.1, 0.15) is 20.7 Å². The Hall–Kier alpha value is -2.70. The molecule has 5 nitrogen and oxygen atoms in total. The number of halogens is 1. The summed E-state index contributed by atoms with van der Waals surface area (Å²) in [5.74, 6) is -1.58. The van der Waals surface area contributed by atoms with Crippen LogP contribution in [-0.2, 0) is 0 Å². The molecule has 4 rings (SSSR count). The molecule has 0 atom stereocenters. The van der Waals surface area contributed by atoms with E-state index in [9.17, 15) is 14.7 Å². The second kappa shape index (κ2) is 9.41. The molecule has 0 unspecified atom stereocenters. The molecule has 1 heterocycles. The van der Waals surface area contributed by atoms with Gasteiger partial charge in [0.15, 0.2) is 0 Å². The van der Waals surface area contributed by atoms with Gasteiger partial charge in [-0.15, -0.1) is 0 Å². The third-order valence-corrected chi connectivity index (χ3v) is 4.76. The van der Waals surface area contributed by atoms with Gasteiger partial charge in [0.25, 0.3) is 5.91 Å². The van der Waals surface area contributed by atoms with E-state index in [0.29, 0.717) is 5.56 Å². The fourth-order valence-corrected chi connectivity index (χ4v) is 3.33. The minimum atomic E-state index is -1.17. The molecular weight excluding hydrogens is 411 g/mol. The molecule has 0 bridgehead atoms. The van der Waals surface area contributed by atoms with Crippen LogP contribution in [0.15, 0.2) is 79.0 Å². The summed E-state index contributed by atoms with van der Waals surface area (Å²) in [6.07, 6.45) is 1.73. The van der Waals surface area contributed by atoms with Gasteiger partial charge >= 0.3 is 35.5 Å². The van der Waals surface area contributed by atoms with Crippen LogP contribution in [0, 0.1) is 0 Å². The molecule has 2 N–H and O–H groups in total. The number of hydrogen-bond acceptors (Lipinski definition) is 3. The topological polar surface area (TPSA) is 79.3 Å². The molecule has 0 spiro atoms. The number of nitrogens with one attached hydrogen (secondary N) is 1. The molecule has 0 fully saturated rings. The van der Waals surface area contributed by atoms with Gasteiger partial charge < -0.3 is 10.4 Å². The second-order valence-electron chi connectivity index (χ2n) is 6.41. The quantitative estimate of drug-likeness (QED) is 0.457. The molecule has 144 valence electrons. The average Bonchev–Trinajstić information content (AvgIpc) is 2.74. The molecule has 0 aliphatic carbocycles. The molecule has 0 aliphatic heterocycles. The zero-order valence-electron chi connectivity index (χ0n) is 15.1. The van der Waals surface area contributed by atoms with Gasteiger partial charge in [0.05, 0.1) is 16.8 Å². The molecule has 7 heteroatoms. The summed E-state index contributed by atoms with van der Waals surface area (Å²) in [6.45, 7) is 0. The van der Waals surface area contributed by atoms with Gasteiger partial charge in [-0.3, -0.25) is 9.78 Å². The van der Waals surface area contributed by atoms with Gasteiger partial charge in [-0.25, -0.2) is 4.79 Å². The van der Waals surface area contributed by atoms with Crippen LogP contribution in [0.5, 0.6) is 0 Å². The van der Waals surface area contributed by atoms with E-state index in [0.717, 1.165) is 22.0 Å². The van der Waals surface area contributed by atoms with Crippen LogP contribution in [0.3, 0.4) is 0 Å². The number of fused-ring (bicyclic) bond motifs is 1. The Morgan fingerprint density at radius 3 is 2.50 bits per heavy atom. The second-order valence-corrected chi connectivity index (χ2v) is 6.85. The zero-order valence-corrected chi connectivity index (χ0v) is 15.9. The van der Waals surface area contributed by atoms with Crippen LogP contribution in [0.25, 0.3) is 22.0 Å². The predicted octanol–water partition coefficient (Wildman–Crippen LogP) is 4.86. The summed E-state index contributed by atoms with van der Waals surface area (Å²) < 4.78 is 0. The molecule has 0 aliphatic rings. The van der Waals surface area contributed by atoms with E-state index in [-0.39, 0.29) is 45.8 Å². The number of rotatable bonds is 4. The summed E-state index contributed by atoms with van der Waals surface area (Å²) in [6, 6.07) is 21.2. The first kappa shape index (κ1) is 22.0. The van der Waals surface area contributed by atoms with Crippen molar-refractivity contribution in [2.45, 2.75) is 0 Å². The van der Waals surface area contributed by atoms with Crippen LogP contribution in [0.2, 0.25) is 5.02 Å². The number of carbonyl (C=O) groups excluding carboxylic acids is 1. The first-order valence-corrected chi connectivity index (χ1v) is 9.19. The van der Waals surface area contributed by atoms with Crippen molar-refractivity contribution >= 4 is 69.6 Å². The Morgan fingerprint density at radius 2 is 1.70 bits per heavy atom. The van der Waals surface area contributed by atoms with Crippen LogP contribution < -0.4 is 5.32 Å². The standard InChI is InChI=1S/C23H15ClN2O3.Na.H/c24-17-9-10-20(19(13-17)23(28)29)26-22(27)16-6-1-5-15(12-16)18-8-2-4-14-7-3-11-25-21(14)18;;/h1-13H,(H,26,27)(H,28,29);;. The molecule has 30 heavy (non-hydrogen) atoms. The Balaban J connectivity index is 0.00000256. The van der Waals surface area contributed by atoms with Crippen molar-refractivity contribution in [2.24, 2.45) is 0 Å². The zero-order chi connectivity index (χ0) is 20.4. The number of nitrogens with zero attached hydrogens (tertiary/aromatic N) is 1. The third-order valence-electron chi connectivity index (χ3n) is 4.53. The first-order chi connectivity index (χ1) is 14.0. The Morgan fingerprint density at radius 1 is 0.933 bits per heavy atom. The van der Waals surface area contributed by atoms with Crippen LogP contribution in [-0.4, -0.2) is 51.5 Å².